The van der Waals surface area contributed by atoms with Crippen molar-refractivity contribution in [2.24, 2.45) is 0 Å². The fraction of sp³-hybridized carbons (Fsp3) is 0.294. The minimum Gasteiger partial charge on any atom is -0.280 e. The maximum Gasteiger partial charge on any atom is 0.261 e. The van der Waals surface area contributed by atoms with E-state index >= 15 is 0 Å². The molecule has 1 N–H and O–H groups in total. The summed E-state index contributed by atoms with van der Waals surface area (Å²) in [5.74, 6) is 0. The van der Waals surface area contributed by atoms with E-state index in [4.69, 9.17) is 0 Å². The molecule has 0 radical (unpaired) electrons. The molecule has 7 heteroatoms. The van der Waals surface area contributed by atoms with Crippen LogP contribution in [0, 0.1) is 0 Å². The highest BCUT2D eigenvalue weighted by Crippen LogP contribution is 2.20. The van der Waals surface area contributed by atoms with Crippen LogP contribution in [0.1, 0.15) is 25.3 Å². The van der Waals surface area contributed by atoms with Crippen LogP contribution in [-0.2, 0) is 26.3 Å². The summed E-state index contributed by atoms with van der Waals surface area (Å²) >= 11 is 0. The first kappa shape index (κ1) is 18.5. The van der Waals surface area contributed by atoms with Crippen molar-refractivity contribution in [2.75, 3.05) is 11.0 Å². The molecule has 0 aliphatic carbocycles. The van der Waals surface area contributed by atoms with Crippen LogP contribution in [0.4, 0.5) is 5.69 Å². The summed E-state index contributed by atoms with van der Waals surface area (Å²) in [4.78, 5) is -0.110. The Labute approximate surface area is 143 Å². The lowest BCUT2D eigenvalue weighted by atomic mass is 10.1. The topological polar surface area (TPSA) is 80.3 Å². The largest absolute Gasteiger partial charge is 0.280 e. The van der Waals surface area contributed by atoms with E-state index in [2.05, 4.69) is 11.6 Å². The van der Waals surface area contributed by atoms with Gasteiger partial charge in [0.05, 0.1) is 9.79 Å². The highest BCUT2D eigenvalue weighted by Gasteiger charge is 2.17. The average Bonchev–Trinajstić information content (AvgIpc) is 2.53. The molecule has 0 heterocycles. The molecule has 0 aromatic heterocycles. The number of hydrogen-bond acceptors (Lipinski definition) is 4. The molecule has 0 fully saturated rings. The zero-order valence-corrected chi connectivity index (χ0v) is 15.3. The normalized spacial score (nSPS) is 12.1. The van der Waals surface area contributed by atoms with Gasteiger partial charge < -0.3 is 0 Å². The Morgan fingerprint density at radius 2 is 1.54 bits per heavy atom. The quantitative estimate of drug-likeness (QED) is 0.815. The zero-order chi connectivity index (χ0) is 17.8. The Hall–Kier alpha value is -1.86. The van der Waals surface area contributed by atoms with Gasteiger partial charge in [-0.05, 0) is 48.7 Å². The molecule has 0 atom stereocenters. The second kappa shape index (κ2) is 7.36. The fourth-order valence-corrected chi connectivity index (χ4v) is 4.05. The molecule has 0 bridgehead atoms. The molecule has 0 saturated carbocycles. The lowest BCUT2D eigenvalue weighted by Gasteiger charge is -2.10. The van der Waals surface area contributed by atoms with E-state index in [0.29, 0.717) is 5.69 Å². The zero-order valence-electron chi connectivity index (χ0n) is 13.7. The standard InChI is InChI=1S/C17H21NO4S2/c1-3-4-6-14-9-11-15(12-10-14)18-24(21,22)17-8-5-7-16(13-17)23(2,19)20/h5,7-13,18H,3-4,6H2,1-2H3. The summed E-state index contributed by atoms with van der Waals surface area (Å²) in [6, 6.07) is 12.5. The van der Waals surface area contributed by atoms with Gasteiger partial charge in [-0.15, -0.1) is 0 Å². The van der Waals surface area contributed by atoms with Crippen molar-refractivity contribution in [3.8, 4) is 0 Å². The third-order valence-electron chi connectivity index (χ3n) is 3.57. The molecule has 0 amide bonds. The minimum atomic E-state index is -3.84. The minimum absolute atomic E-state index is 0.0275. The SMILES string of the molecule is CCCCc1ccc(NS(=O)(=O)c2cccc(S(C)(=O)=O)c2)cc1. The molecule has 0 saturated heterocycles. The van der Waals surface area contributed by atoms with Gasteiger partial charge in [-0.2, -0.15) is 0 Å². The van der Waals surface area contributed by atoms with Crippen molar-refractivity contribution in [1.82, 2.24) is 0 Å². The van der Waals surface area contributed by atoms with Gasteiger partial charge >= 0.3 is 0 Å². The molecule has 2 rings (SSSR count). The molecule has 2 aromatic rings. The number of nitrogens with one attached hydrogen (secondary N) is 1. The van der Waals surface area contributed by atoms with Crippen molar-refractivity contribution in [3.63, 3.8) is 0 Å². The summed E-state index contributed by atoms with van der Waals surface area (Å²) in [6.07, 6.45) is 4.19. The number of hydrogen-bond donors (Lipinski definition) is 1. The third kappa shape index (κ3) is 4.82. The van der Waals surface area contributed by atoms with Gasteiger partial charge in [0.2, 0.25) is 0 Å². The number of anilines is 1. The summed E-state index contributed by atoms with van der Waals surface area (Å²) in [6.45, 7) is 2.12. The van der Waals surface area contributed by atoms with E-state index in [0.717, 1.165) is 37.1 Å². The molecule has 24 heavy (non-hydrogen) atoms. The van der Waals surface area contributed by atoms with Crippen molar-refractivity contribution < 1.29 is 16.8 Å². The molecule has 2 aromatic carbocycles. The van der Waals surface area contributed by atoms with E-state index in [1.165, 1.54) is 18.2 Å². The van der Waals surface area contributed by atoms with Crippen LogP contribution in [0.3, 0.4) is 0 Å². The van der Waals surface area contributed by atoms with E-state index in [1.807, 2.05) is 12.1 Å². The Morgan fingerprint density at radius 3 is 2.12 bits per heavy atom. The van der Waals surface area contributed by atoms with Crippen molar-refractivity contribution in [3.05, 3.63) is 54.1 Å². The highest BCUT2D eigenvalue weighted by atomic mass is 32.2. The van der Waals surface area contributed by atoms with Gasteiger partial charge in [-0.25, -0.2) is 16.8 Å². The lowest BCUT2D eigenvalue weighted by Crippen LogP contribution is -2.13. The van der Waals surface area contributed by atoms with Gasteiger partial charge in [0.25, 0.3) is 10.0 Å². The van der Waals surface area contributed by atoms with Crippen LogP contribution in [0.15, 0.2) is 58.3 Å². The molecule has 0 aliphatic heterocycles. The smallest absolute Gasteiger partial charge is 0.261 e. The Kier molecular flexibility index (Phi) is 5.66. The molecule has 0 unspecified atom stereocenters. The van der Waals surface area contributed by atoms with Crippen LogP contribution in [0.25, 0.3) is 0 Å². The van der Waals surface area contributed by atoms with Crippen molar-refractivity contribution in [2.45, 2.75) is 36.0 Å². The van der Waals surface area contributed by atoms with Crippen LogP contribution >= 0.6 is 0 Å². The Morgan fingerprint density at radius 1 is 0.917 bits per heavy atom. The first-order chi connectivity index (χ1) is 11.2. The van der Waals surface area contributed by atoms with Crippen LogP contribution in [0.2, 0.25) is 0 Å². The van der Waals surface area contributed by atoms with E-state index in [9.17, 15) is 16.8 Å². The van der Waals surface area contributed by atoms with Gasteiger partial charge in [0, 0.05) is 11.9 Å². The number of sulfonamides is 1. The summed E-state index contributed by atoms with van der Waals surface area (Å²) in [7, 11) is -7.31. The van der Waals surface area contributed by atoms with E-state index < -0.39 is 19.9 Å². The lowest BCUT2D eigenvalue weighted by molar-refractivity contribution is 0.599. The highest BCUT2D eigenvalue weighted by molar-refractivity contribution is 7.93. The molecular formula is C17H21NO4S2. The maximum absolute atomic E-state index is 12.4. The first-order valence-electron chi connectivity index (χ1n) is 7.64. The summed E-state index contributed by atoms with van der Waals surface area (Å²) in [5.41, 5.74) is 1.60. The average molecular weight is 367 g/mol. The second-order valence-electron chi connectivity index (χ2n) is 5.65. The fourth-order valence-electron chi connectivity index (χ4n) is 2.21. The van der Waals surface area contributed by atoms with Crippen LogP contribution < -0.4 is 4.72 Å². The summed E-state index contributed by atoms with van der Waals surface area (Å²) < 4.78 is 50.5. The Bertz CT molecular complexity index is 902. The first-order valence-corrected chi connectivity index (χ1v) is 11.0. The van der Waals surface area contributed by atoms with Crippen LogP contribution in [-0.4, -0.2) is 23.1 Å². The van der Waals surface area contributed by atoms with Gasteiger partial charge in [0.1, 0.15) is 0 Å². The molecule has 5 nitrogen and oxygen atoms in total. The van der Waals surface area contributed by atoms with Crippen molar-refractivity contribution in [1.29, 1.82) is 0 Å². The van der Waals surface area contributed by atoms with Crippen LogP contribution in [0.5, 0.6) is 0 Å². The number of aryl methyl sites for hydroxylation is 1. The number of unbranched alkanes of at least 4 members (excludes halogenated alkanes) is 1. The van der Waals surface area contributed by atoms with Gasteiger partial charge in [-0.1, -0.05) is 31.5 Å². The summed E-state index contributed by atoms with van der Waals surface area (Å²) in [5, 5.41) is 0. The van der Waals surface area contributed by atoms with Gasteiger partial charge in [-0.3, -0.25) is 4.72 Å². The van der Waals surface area contributed by atoms with Crippen molar-refractivity contribution >= 4 is 25.5 Å². The molecule has 130 valence electrons. The van der Waals surface area contributed by atoms with Gasteiger partial charge in [0.15, 0.2) is 9.84 Å². The molecule has 0 aliphatic rings. The number of sulfone groups is 1. The Balaban J connectivity index is 2.22. The monoisotopic (exact) mass is 367 g/mol. The second-order valence-corrected chi connectivity index (χ2v) is 9.35. The predicted octanol–water partition coefficient (Wildman–Crippen LogP) is 3.23. The predicted molar refractivity (Wildman–Crippen MR) is 95.4 cm³/mol. The van der Waals surface area contributed by atoms with E-state index in [1.54, 1.807) is 12.1 Å². The third-order valence-corrected chi connectivity index (χ3v) is 6.06. The molecule has 0 spiro atoms. The maximum atomic E-state index is 12.4. The van der Waals surface area contributed by atoms with E-state index in [-0.39, 0.29) is 9.79 Å². The number of rotatable bonds is 7. The molecular weight excluding hydrogens is 346 g/mol. The number of benzene rings is 2.